The summed E-state index contributed by atoms with van der Waals surface area (Å²) in [5.41, 5.74) is 0. The summed E-state index contributed by atoms with van der Waals surface area (Å²) in [4.78, 5) is -0.420. The van der Waals surface area contributed by atoms with E-state index >= 15 is 0 Å². The molecule has 93 valence electrons. The molecule has 6 heteroatoms. The van der Waals surface area contributed by atoms with Gasteiger partial charge < -0.3 is 5.11 Å². The molecule has 2 rings (SSSR count). The van der Waals surface area contributed by atoms with Gasteiger partial charge in [0.1, 0.15) is 10.7 Å². The van der Waals surface area contributed by atoms with E-state index in [4.69, 9.17) is 0 Å². The Hall–Kier alpha value is -0.980. The first-order chi connectivity index (χ1) is 8.01. The summed E-state index contributed by atoms with van der Waals surface area (Å²) in [7, 11) is -3.82. The van der Waals surface area contributed by atoms with E-state index in [2.05, 4.69) is 6.07 Å². The molecule has 1 saturated heterocycles. The normalized spacial score (nSPS) is 19.4. The van der Waals surface area contributed by atoms with Crippen LogP contribution in [0.3, 0.4) is 0 Å². The van der Waals surface area contributed by atoms with Gasteiger partial charge in [0.25, 0.3) is 0 Å². The van der Waals surface area contributed by atoms with Crippen LogP contribution >= 0.6 is 0 Å². The summed E-state index contributed by atoms with van der Waals surface area (Å²) in [5, 5.41) is 9.31. The maximum atomic E-state index is 13.4. The number of aliphatic hydroxyl groups excluding tert-OH is 1. The first kappa shape index (κ1) is 12.5. The molecule has 17 heavy (non-hydrogen) atoms. The van der Waals surface area contributed by atoms with Crippen LogP contribution in [0.2, 0.25) is 0 Å². The third-order valence-electron chi connectivity index (χ3n) is 2.79. The molecule has 1 radical (unpaired) electrons. The van der Waals surface area contributed by atoms with Crippen LogP contribution in [0.1, 0.15) is 12.8 Å². The Balaban J connectivity index is 2.28. The van der Waals surface area contributed by atoms with Gasteiger partial charge in [-0.1, -0.05) is 12.1 Å². The highest BCUT2D eigenvalue weighted by atomic mass is 32.2. The molecule has 4 nitrogen and oxygen atoms in total. The van der Waals surface area contributed by atoms with Crippen molar-refractivity contribution in [2.45, 2.75) is 23.8 Å². The van der Waals surface area contributed by atoms with Crippen molar-refractivity contribution in [1.29, 1.82) is 0 Å². The van der Waals surface area contributed by atoms with E-state index in [0.29, 0.717) is 12.8 Å². The van der Waals surface area contributed by atoms with Crippen molar-refractivity contribution in [3.8, 4) is 0 Å². The van der Waals surface area contributed by atoms with Gasteiger partial charge in [-0.15, -0.1) is 0 Å². The lowest BCUT2D eigenvalue weighted by molar-refractivity contribution is 0.113. The molecule has 1 aromatic carbocycles. The van der Waals surface area contributed by atoms with Gasteiger partial charge in [-0.05, 0) is 18.9 Å². The molecular weight excluding hydrogens is 245 g/mol. The van der Waals surface area contributed by atoms with Crippen molar-refractivity contribution in [2.75, 3.05) is 13.1 Å². The molecule has 1 fully saturated rings. The smallest absolute Gasteiger partial charge is 0.246 e. The second-order valence-corrected chi connectivity index (χ2v) is 5.86. The predicted octanol–water partition coefficient (Wildman–Crippen LogP) is 0.771. The molecule has 0 aliphatic carbocycles. The minimum Gasteiger partial charge on any atom is -0.393 e. The van der Waals surface area contributed by atoms with Gasteiger partial charge in [0.15, 0.2) is 0 Å². The summed E-state index contributed by atoms with van der Waals surface area (Å²) in [6, 6.07) is 6.28. The van der Waals surface area contributed by atoms with Crippen LogP contribution in [0.15, 0.2) is 23.1 Å². The van der Waals surface area contributed by atoms with Crippen molar-refractivity contribution in [2.24, 2.45) is 0 Å². The third-order valence-corrected chi connectivity index (χ3v) is 4.67. The zero-order valence-corrected chi connectivity index (χ0v) is 9.95. The Labute approximate surface area is 99.7 Å². The minimum atomic E-state index is -3.82. The van der Waals surface area contributed by atoms with Gasteiger partial charge in [0.05, 0.1) is 6.10 Å². The molecule has 1 aliphatic heterocycles. The highest BCUT2D eigenvalue weighted by Gasteiger charge is 2.30. The number of hydrogen-bond acceptors (Lipinski definition) is 3. The van der Waals surface area contributed by atoms with Crippen LogP contribution in [0.5, 0.6) is 0 Å². The Bertz CT molecular complexity index is 495. The average molecular weight is 258 g/mol. The number of nitrogens with zero attached hydrogens (tertiary/aromatic N) is 1. The SMILES string of the molecule is O=S(=O)(c1[c]cccc1F)N1CCC(O)CC1. The molecule has 1 heterocycles. The predicted molar refractivity (Wildman–Crippen MR) is 59.2 cm³/mol. The fourth-order valence-corrected chi connectivity index (χ4v) is 3.29. The summed E-state index contributed by atoms with van der Waals surface area (Å²) in [6.45, 7) is 0.428. The van der Waals surface area contributed by atoms with E-state index in [9.17, 15) is 17.9 Å². The summed E-state index contributed by atoms with van der Waals surface area (Å²) >= 11 is 0. The number of halogens is 1. The van der Waals surface area contributed by atoms with Gasteiger partial charge in [-0.25, -0.2) is 12.8 Å². The van der Waals surface area contributed by atoms with Gasteiger partial charge in [0.2, 0.25) is 10.0 Å². The first-order valence-corrected chi connectivity index (χ1v) is 6.80. The van der Waals surface area contributed by atoms with Gasteiger partial charge in [-0.2, -0.15) is 4.31 Å². The van der Waals surface area contributed by atoms with Gasteiger partial charge in [-0.3, -0.25) is 0 Å². The molecule has 0 unspecified atom stereocenters. The van der Waals surface area contributed by atoms with Crippen LogP contribution in [0.4, 0.5) is 4.39 Å². The third kappa shape index (κ3) is 2.48. The average Bonchev–Trinajstić information content (AvgIpc) is 2.30. The van der Waals surface area contributed by atoms with Crippen LogP contribution < -0.4 is 0 Å². The van der Waals surface area contributed by atoms with Gasteiger partial charge in [0, 0.05) is 19.2 Å². The summed E-state index contributed by atoms with van der Waals surface area (Å²) in [6.07, 6.45) is 0.299. The molecular formula is C11H13FNO3S. The largest absolute Gasteiger partial charge is 0.393 e. The van der Waals surface area contributed by atoms with Crippen molar-refractivity contribution in [3.05, 3.63) is 30.1 Å². The monoisotopic (exact) mass is 258 g/mol. The first-order valence-electron chi connectivity index (χ1n) is 5.36. The lowest BCUT2D eigenvalue weighted by Crippen LogP contribution is -2.40. The van der Waals surface area contributed by atoms with E-state index in [1.165, 1.54) is 16.4 Å². The van der Waals surface area contributed by atoms with E-state index in [-0.39, 0.29) is 13.1 Å². The van der Waals surface area contributed by atoms with E-state index < -0.39 is 26.8 Å². The van der Waals surface area contributed by atoms with Crippen molar-refractivity contribution < 1.29 is 17.9 Å². The molecule has 0 bridgehead atoms. The van der Waals surface area contributed by atoms with Gasteiger partial charge >= 0.3 is 0 Å². The van der Waals surface area contributed by atoms with Crippen molar-refractivity contribution in [1.82, 2.24) is 4.31 Å². The van der Waals surface area contributed by atoms with E-state index in [1.807, 2.05) is 0 Å². The standard InChI is InChI=1S/C11H13FNO3S/c12-10-3-1-2-4-11(10)17(15,16)13-7-5-9(14)6-8-13/h1-3,9,14H,5-8H2. The fraction of sp³-hybridized carbons (Fsp3) is 0.455. The lowest BCUT2D eigenvalue weighted by Gasteiger charge is -2.28. The second-order valence-electron chi connectivity index (χ2n) is 3.98. The number of aliphatic hydroxyl groups is 1. The number of piperidine rings is 1. The molecule has 0 aromatic heterocycles. The molecule has 1 aliphatic rings. The molecule has 0 spiro atoms. The van der Waals surface area contributed by atoms with E-state index in [0.717, 1.165) is 6.07 Å². The van der Waals surface area contributed by atoms with Crippen LogP contribution in [0, 0.1) is 11.9 Å². The highest BCUT2D eigenvalue weighted by molar-refractivity contribution is 7.89. The van der Waals surface area contributed by atoms with Crippen LogP contribution in [-0.4, -0.2) is 37.0 Å². The Morgan fingerprint density at radius 1 is 1.41 bits per heavy atom. The second kappa shape index (κ2) is 4.72. The highest BCUT2D eigenvalue weighted by Crippen LogP contribution is 2.22. The fourth-order valence-electron chi connectivity index (χ4n) is 1.81. The Kier molecular flexibility index (Phi) is 3.46. The maximum absolute atomic E-state index is 13.4. The number of sulfonamides is 1. The molecule has 1 aromatic rings. The van der Waals surface area contributed by atoms with Crippen LogP contribution in [0.25, 0.3) is 0 Å². The molecule has 0 saturated carbocycles. The minimum absolute atomic E-state index is 0.214. The summed E-state index contributed by atoms with van der Waals surface area (Å²) in [5.74, 6) is -0.793. The number of rotatable bonds is 2. The topological polar surface area (TPSA) is 57.6 Å². The zero-order chi connectivity index (χ0) is 12.5. The van der Waals surface area contributed by atoms with Crippen molar-refractivity contribution >= 4 is 10.0 Å². The summed E-state index contributed by atoms with van der Waals surface area (Å²) < 4.78 is 38.8. The zero-order valence-electron chi connectivity index (χ0n) is 9.13. The molecule has 0 atom stereocenters. The Morgan fingerprint density at radius 3 is 2.65 bits per heavy atom. The Morgan fingerprint density at radius 2 is 2.06 bits per heavy atom. The van der Waals surface area contributed by atoms with E-state index in [1.54, 1.807) is 0 Å². The quantitative estimate of drug-likeness (QED) is 0.852. The maximum Gasteiger partial charge on any atom is 0.246 e. The molecule has 0 amide bonds. The number of hydrogen-bond donors (Lipinski definition) is 1. The number of benzene rings is 1. The lowest BCUT2D eigenvalue weighted by atomic mass is 10.1. The molecule has 1 N–H and O–H groups in total. The van der Waals surface area contributed by atoms with Crippen molar-refractivity contribution in [3.63, 3.8) is 0 Å². The van der Waals surface area contributed by atoms with Crippen LogP contribution in [-0.2, 0) is 10.0 Å².